The summed E-state index contributed by atoms with van der Waals surface area (Å²) in [7, 11) is 0. The van der Waals surface area contributed by atoms with Gasteiger partial charge >= 0.3 is 0 Å². The molecule has 0 amide bonds. The molecule has 1 heterocycles. The number of hydrogen-bond donors (Lipinski definition) is 0. The van der Waals surface area contributed by atoms with Gasteiger partial charge in [-0.2, -0.15) is 0 Å². The normalized spacial score (nSPS) is 30.2. The van der Waals surface area contributed by atoms with Gasteiger partial charge in [-0.05, 0) is 42.5 Å². The Kier molecular flexibility index (Phi) is 1.64. The number of halogens is 1. The molecule has 1 fully saturated rings. The van der Waals surface area contributed by atoms with Crippen LogP contribution in [0.25, 0.3) is 0 Å². The fourth-order valence-electron chi connectivity index (χ4n) is 2.20. The van der Waals surface area contributed by atoms with Crippen LogP contribution in [0, 0.1) is 0 Å². The lowest BCUT2D eigenvalue weighted by Crippen LogP contribution is -1.90. The van der Waals surface area contributed by atoms with Crippen LogP contribution in [0.1, 0.15) is 30.1 Å². The number of ether oxygens (including phenoxy) is 1. The van der Waals surface area contributed by atoms with Gasteiger partial charge in [0.2, 0.25) is 0 Å². The van der Waals surface area contributed by atoms with Gasteiger partial charge in [-0.25, -0.2) is 0 Å². The fraction of sp³-hybridized carbons (Fsp3) is 0.455. The lowest BCUT2D eigenvalue weighted by atomic mass is 10.0. The van der Waals surface area contributed by atoms with Crippen LogP contribution in [0.4, 0.5) is 0 Å². The van der Waals surface area contributed by atoms with E-state index in [1.54, 1.807) is 0 Å². The third-order valence-corrected chi connectivity index (χ3v) is 3.16. The van der Waals surface area contributed by atoms with Gasteiger partial charge in [-0.1, -0.05) is 17.7 Å². The van der Waals surface area contributed by atoms with Gasteiger partial charge in [0.05, 0.1) is 6.10 Å². The maximum atomic E-state index is 5.95. The number of epoxide rings is 1. The molecule has 0 aromatic heterocycles. The second kappa shape index (κ2) is 2.73. The summed E-state index contributed by atoms with van der Waals surface area (Å²) in [4.78, 5) is 0. The highest BCUT2D eigenvalue weighted by molar-refractivity contribution is 6.30. The first kappa shape index (κ1) is 7.84. The lowest BCUT2D eigenvalue weighted by molar-refractivity contribution is 0.357. The highest BCUT2D eigenvalue weighted by Crippen LogP contribution is 2.45. The lowest BCUT2D eigenvalue weighted by Gasteiger charge is -2.05. The molecule has 1 aromatic carbocycles. The summed E-state index contributed by atoms with van der Waals surface area (Å²) < 4.78 is 5.58. The number of benzene rings is 1. The Balaban J connectivity index is 2.08. The van der Waals surface area contributed by atoms with E-state index in [1.807, 2.05) is 6.07 Å². The molecule has 3 rings (SSSR count). The molecular formula is C11H11ClO. The smallest absolute Gasteiger partial charge is 0.109 e. The standard InChI is InChI=1S/C11H11ClO/c12-8-4-5-9-7(6-8)2-1-3-10-11(9)13-10/h4-6,10-11H,1-3H2/t10-,11+/m0/s1. The molecule has 1 aromatic rings. The summed E-state index contributed by atoms with van der Waals surface area (Å²) in [6, 6.07) is 6.17. The largest absolute Gasteiger partial charge is 0.364 e. The van der Waals surface area contributed by atoms with Crippen molar-refractivity contribution in [1.29, 1.82) is 0 Å². The maximum absolute atomic E-state index is 5.95. The van der Waals surface area contributed by atoms with Gasteiger partial charge in [-0.15, -0.1) is 0 Å². The van der Waals surface area contributed by atoms with E-state index in [4.69, 9.17) is 16.3 Å². The van der Waals surface area contributed by atoms with Crippen molar-refractivity contribution in [3.8, 4) is 0 Å². The molecule has 0 unspecified atom stereocenters. The first-order chi connectivity index (χ1) is 6.34. The average Bonchev–Trinajstić information content (AvgIpc) is 2.82. The third-order valence-electron chi connectivity index (χ3n) is 2.93. The highest BCUT2D eigenvalue weighted by atomic mass is 35.5. The molecule has 68 valence electrons. The Morgan fingerprint density at radius 1 is 1.38 bits per heavy atom. The summed E-state index contributed by atoms with van der Waals surface area (Å²) in [6.45, 7) is 0. The van der Waals surface area contributed by atoms with Crippen molar-refractivity contribution in [2.75, 3.05) is 0 Å². The molecule has 2 atom stereocenters. The molecule has 0 spiro atoms. The van der Waals surface area contributed by atoms with Gasteiger partial charge in [0.25, 0.3) is 0 Å². The van der Waals surface area contributed by atoms with Crippen LogP contribution in [-0.4, -0.2) is 6.10 Å². The van der Waals surface area contributed by atoms with Crippen LogP contribution >= 0.6 is 11.6 Å². The molecular weight excluding hydrogens is 184 g/mol. The fourth-order valence-corrected chi connectivity index (χ4v) is 2.39. The zero-order valence-corrected chi connectivity index (χ0v) is 8.05. The maximum Gasteiger partial charge on any atom is 0.109 e. The van der Waals surface area contributed by atoms with Crippen LogP contribution in [0.2, 0.25) is 5.02 Å². The van der Waals surface area contributed by atoms with Crippen LogP contribution < -0.4 is 0 Å². The molecule has 0 bridgehead atoms. The minimum Gasteiger partial charge on any atom is -0.364 e. The topological polar surface area (TPSA) is 12.5 Å². The quantitative estimate of drug-likeness (QED) is 0.579. The SMILES string of the molecule is Clc1ccc2c(c1)CCC[C@@H]1O[C@H]21. The molecule has 1 aliphatic heterocycles. The minimum atomic E-state index is 0.384. The van der Waals surface area contributed by atoms with Crippen molar-refractivity contribution in [2.24, 2.45) is 0 Å². The van der Waals surface area contributed by atoms with Crippen LogP contribution in [-0.2, 0) is 11.2 Å². The molecule has 1 aliphatic carbocycles. The second-order valence-corrected chi connectivity index (χ2v) is 4.27. The zero-order chi connectivity index (χ0) is 8.84. The summed E-state index contributed by atoms with van der Waals surface area (Å²) in [5.41, 5.74) is 2.75. The molecule has 13 heavy (non-hydrogen) atoms. The Labute approximate surface area is 82.7 Å². The van der Waals surface area contributed by atoms with Crippen LogP contribution in [0.15, 0.2) is 18.2 Å². The summed E-state index contributed by atoms with van der Waals surface area (Å²) in [6.07, 6.45) is 4.48. The van der Waals surface area contributed by atoms with E-state index >= 15 is 0 Å². The molecule has 0 saturated carbocycles. The molecule has 0 N–H and O–H groups in total. The van der Waals surface area contributed by atoms with Crippen molar-refractivity contribution < 1.29 is 4.74 Å². The number of hydrogen-bond acceptors (Lipinski definition) is 1. The van der Waals surface area contributed by atoms with Crippen molar-refractivity contribution >= 4 is 11.6 Å². The number of aryl methyl sites for hydroxylation is 1. The summed E-state index contributed by atoms with van der Waals surface area (Å²) >= 11 is 5.95. The minimum absolute atomic E-state index is 0.384. The van der Waals surface area contributed by atoms with E-state index in [9.17, 15) is 0 Å². The second-order valence-electron chi connectivity index (χ2n) is 3.83. The van der Waals surface area contributed by atoms with Gasteiger partial charge in [0, 0.05) is 5.02 Å². The van der Waals surface area contributed by atoms with E-state index < -0.39 is 0 Å². The van der Waals surface area contributed by atoms with E-state index in [0.29, 0.717) is 12.2 Å². The molecule has 2 heteroatoms. The summed E-state index contributed by atoms with van der Waals surface area (Å²) in [5.74, 6) is 0. The average molecular weight is 195 g/mol. The van der Waals surface area contributed by atoms with Gasteiger partial charge in [0.15, 0.2) is 0 Å². The third kappa shape index (κ3) is 1.27. The van der Waals surface area contributed by atoms with Crippen molar-refractivity contribution in [3.05, 3.63) is 34.3 Å². The number of fused-ring (bicyclic) bond motifs is 3. The predicted octanol–water partition coefficient (Wildman–Crippen LogP) is 3.12. The first-order valence-corrected chi connectivity index (χ1v) is 5.16. The highest BCUT2D eigenvalue weighted by Gasteiger charge is 2.42. The van der Waals surface area contributed by atoms with Gasteiger partial charge in [0.1, 0.15) is 6.10 Å². The predicted molar refractivity (Wildman–Crippen MR) is 52.0 cm³/mol. The Hall–Kier alpha value is -0.530. The molecule has 2 aliphatic rings. The Morgan fingerprint density at radius 2 is 2.31 bits per heavy atom. The molecule has 1 nitrogen and oxygen atoms in total. The van der Waals surface area contributed by atoms with Crippen LogP contribution in [0.3, 0.4) is 0 Å². The Morgan fingerprint density at radius 3 is 3.23 bits per heavy atom. The van der Waals surface area contributed by atoms with E-state index in [-0.39, 0.29) is 0 Å². The van der Waals surface area contributed by atoms with Crippen molar-refractivity contribution in [3.63, 3.8) is 0 Å². The van der Waals surface area contributed by atoms with Crippen LogP contribution in [0.5, 0.6) is 0 Å². The van der Waals surface area contributed by atoms with Gasteiger partial charge < -0.3 is 4.74 Å². The Bertz CT molecular complexity index is 348. The van der Waals surface area contributed by atoms with Crippen molar-refractivity contribution in [1.82, 2.24) is 0 Å². The molecule has 0 radical (unpaired) electrons. The zero-order valence-electron chi connectivity index (χ0n) is 7.29. The van der Waals surface area contributed by atoms with Crippen molar-refractivity contribution in [2.45, 2.75) is 31.5 Å². The monoisotopic (exact) mass is 194 g/mol. The molecule has 1 saturated heterocycles. The summed E-state index contributed by atoms with van der Waals surface area (Å²) in [5, 5.41) is 0.845. The van der Waals surface area contributed by atoms with E-state index in [1.165, 1.54) is 24.0 Å². The number of rotatable bonds is 0. The first-order valence-electron chi connectivity index (χ1n) is 4.78. The van der Waals surface area contributed by atoms with E-state index in [0.717, 1.165) is 11.4 Å². The van der Waals surface area contributed by atoms with Gasteiger partial charge in [-0.3, -0.25) is 0 Å². The van der Waals surface area contributed by atoms with E-state index in [2.05, 4.69) is 12.1 Å².